The fraction of sp³-hybridized carbons (Fsp3) is 0.368. The molecule has 1 saturated carbocycles. The molecule has 2 aromatic rings. The fourth-order valence-corrected chi connectivity index (χ4v) is 2.81. The van der Waals surface area contributed by atoms with Gasteiger partial charge in [0.1, 0.15) is 11.5 Å². The molecule has 22 heavy (non-hydrogen) atoms. The number of nitrogens with zero attached hydrogens (tertiary/aromatic N) is 1. The molecule has 3 nitrogen and oxygen atoms in total. The minimum absolute atomic E-state index is 0.446. The first-order valence-corrected chi connectivity index (χ1v) is 8.06. The smallest absolute Gasteiger partial charge is 0.124 e. The number of aryl methyl sites for hydroxylation is 1. The van der Waals surface area contributed by atoms with Crippen molar-refractivity contribution in [3.63, 3.8) is 0 Å². The number of fused-ring (bicyclic) bond motifs is 1. The second-order valence-corrected chi connectivity index (χ2v) is 6.11. The molecule has 1 aliphatic carbocycles. The van der Waals surface area contributed by atoms with Crippen LogP contribution < -0.4 is 14.4 Å². The molecule has 0 aromatic heterocycles. The molecule has 4 rings (SSSR count). The standard InChI is InChI=1S/C19H21NO2/c1-20(15-6-8-17(9-7-15)22-18-10-11-18)16-5-4-14-3-2-12-21-19(14)13-16/h4-9,13,18H,2-3,10-12H2,1H3. The lowest BCUT2D eigenvalue weighted by Gasteiger charge is -2.23. The van der Waals surface area contributed by atoms with E-state index >= 15 is 0 Å². The first kappa shape index (κ1) is 13.5. The lowest BCUT2D eigenvalue weighted by molar-refractivity contribution is 0.288. The van der Waals surface area contributed by atoms with Crippen molar-refractivity contribution in [1.29, 1.82) is 0 Å². The summed E-state index contributed by atoms with van der Waals surface area (Å²) in [4.78, 5) is 2.18. The van der Waals surface area contributed by atoms with Crippen molar-refractivity contribution in [2.45, 2.75) is 31.8 Å². The van der Waals surface area contributed by atoms with Gasteiger partial charge in [0, 0.05) is 24.5 Å². The van der Waals surface area contributed by atoms with Gasteiger partial charge in [0.15, 0.2) is 0 Å². The summed E-state index contributed by atoms with van der Waals surface area (Å²) in [7, 11) is 2.08. The van der Waals surface area contributed by atoms with Crippen LogP contribution in [-0.2, 0) is 6.42 Å². The SMILES string of the molecule is CN(c1ccc(OC2CC2)cc1)c1ccc2c(c1)OCCC2. The van der Waals surface area contributed by atoms with Gasteiger partial charge in [-0.2, -0.15) is 0 Å². The number of anilines is 2. The second kappa shape index (κ2) is 5.56. The molecule has 0 N–H and O–H groups in total. The van der Waals surface area contributed by atoms with E-state index in [-0.39, 0.29) is 0 Å². The summed E-state index contributed by atoms with van der Waals surface area (Å²) in [6.07, 6.45) is 5.06. The van der Waals surface area contributed by atoms with E-state index in [1.165, 1.54) is 18.4 Å². The topological polar surface area (TPSA) is 21.7 Å². The van der Waals surface area contributed by atoms with Gasteiger partial charge in [-0.25, -0.2) is 0 Å². The Balaban J connectivity index is 1.53. The fourth-order valence-electron chi connectivity index (χ4n) is 2.81. The van der Waals surface area contributed by atoms with Crippen LogP contribution >= 0.6 is 0 Å². The lowest BCUT2D eigenvalue weighted by atomic mass is 10.1. The van der Waals surface area contributed by atoms with E-state index in [9.17, 15) is 0 Å². The molecule has 3 heteroatoms. The third-order valence-electron chi connectivity index (χ3n) is 4.34. The van der Waals surface area contributed by atoms with E-state index in [0.717, 1.165) is 42.3 Å². The quantitative estimate of drug-likeness (QED) is 0.838. The van der Waals surface area contributed by atoms with Gasteiger partial charge in [-0.1, -0.05) is 6.07 Å². The summed E-state index contributed by atoms with van der Waals surface area (Å²) in [5.41, 5.74) is 3.62. The summed E-state index contributed by atoms with van der Waals surface area (Å²) >= 11 is 0. The maximum Gasteiger partial charge on any atom is 0.124 e. The highest BCUT2D eigenvalue weighted by Crippen LogP contribution is 2.33. The number of rotatable bonds is 4. The summed E-state index contributed by atoms with van der Waals surface area (Å²) in [6.45, 7) is 0.827. The lowest BCUT2D eigenvalue weighted by Crippen LogP contribution is -2.12. The highest BCUT2D eigenvalue weighted by molar-refractivity contribution is 5.65. The van der Waals surface area contributed by atoms with Gasteiger partial charge in [0.25, 0.3) is 0 Å². The maximum absolute atomic E-state index is 5.80. The zero-order chi connectivity index (χ0) is 14.9. The van der Waals surface area contributed by atoms with Gasteiger partial charge in [0.2, 0.25) is 0 Å². The van der Waals surface area contributed by atoms with Crippen LogP contribution in [0.4, 0.5) is 11.4 Å². The summed E-state index contributed by atoms with van der Waals surface area (Å²) in [6, 6.07) is 14.8. The molecule has 1 fully saturated rings. The van der Waals surface area contributed by atoms with E-state index < -0.39 is 0 Å². The minimum atomic E-state index is 0.446. The normalized spacial score (nSPS) is 16.6. The van der Waals surface area contributed by atoms with Crippen LogP contribution in [0.3, 0.4) is 0 Å². The molecule has 114 valence electrons. The first-order valence-electron chi connectivity index (χ1n) is 8.06. The highest BCUT2D eigenvalue weighted by Gasteiger charge is 2.23. The molecule has 1 heterocycles. The molecule has 2 aromatic carbocycles. The van der Waals surface area contributed by atoms with Crippen molar-refractivity contribution in [2.24, 2.45) is 0 Å². The van der Waals surface area contributed by atoms with Crippen LogP contribution in [0.2, 0.25) is 0 Å². The average molecular weight is 295 g/mol. The van der Waals surface area contributed by atoms with Crippen molar-refractivity contribution in [3.8, 4) is 11.5 Å². The predicted octanol–water partition coefficient (Wildman–Crippen LogP) is 4.32. The number of hydrogen-bond donors (Lipinski definition) is 0. The molecule has 0 bridgehead atoms. The molecule has 0 spiro atoms. The van der Waals surface area contributed by atoms with Gasteiger partial charge in [0.05, 0.1) is 12.7 Å². The Bertz CT molecular complexity index is 662. The molecule has 1 aliphatic heterocycles. The molecular weight excluding hydrogens is 274 g/mol. The van der Waals surface area contributed by atoms with Gasteiger partial charge < -0.3 is 14.4 Å². The highest BCUT2D eigenvalue weighted by atomic mass is 16.5. The van der Waals surface area contributed by atoms with Gasteiger partial charge >= 0.3 is 0 Å². The van der Waals surface area contributed by atoms with Crippen LogP contribution in [-0.4, -0.2) is 19.8 Å². The van der Waals surface area contributed by atoms with Crippen molar-refractivity contribution in [1.82, 2.24) is 0 Å². The molecule has 2 aliphatic rings. The number of hydrogen-bond acceptors (Lipinski definition) is 3. The maximum atomic E-state index is 5.80. The Kier molecular flexibility index (Phi) is 3.41. The van der Waals surface area contributed by atoms with E-state index in [2.05, 4.69) is 54.4 Å². The largest absolute Gasteiger partial charge is 0.493 e. The minimum Gasteiger partial charge on any atom is -0.493 e. The Labute approximate surface area is 131 Å². The molecule has 0 radical (unpaired) electrons. The van der Waals surface area contributed by atoms with Gasteiger partial charge in [-0.15, -0.1) is 0 Å². The Morgan fingerprint density at radius 3 is 2.59 bits per heavy atom. The zero-order valence-electron chi connectivity index (χ0n) is 12.9. The molecule has 0 saturated heterocycles. The Hall–Kier alpha value is -2.16. The molecule has 0 amide bonds. The van der Waals surface area contributed by atoms with Crippen molar-refractivity contribution in [3.05, 3.63) is 48.0 Å². The van der Waals surface area contributed by atoms with Crippen molar-refractivity contribution in [2.75, 3.05) is 18.6 Å². The zero-order valence-corrected chi connectivity index (χ0v) is 12.9. The van der Waals surface area contributed by atoms with Crippen LogP contribution in [0.5, 0.6) is 11.5 Å². The van der Waals surface area contributed by atoms with E-state index in [0.29, 0.717) is 6.10 Å². The van der Waals surface area contributed by atoms with Crippen molar-refractivity contribution < 1.29 is 9.47 Å². The van der Waals surface area contributed by atoms with Crippen LogP contribution in [0, 0.1) is 0 Å². The number of benzene rings is 2. The summed E-state index contributed by atoms with van der Waals surface area (Å²) in [5.74, 6) is 2.00. The third kappa shape index (κ3) is 2.76. The van der Waals surface area contributed by atoms with E-state index in [1.807, 2.05) is 0 Å². The molecule has 0 unspecified atom stereocenters. The Morgan fingerprint density at radius 1 is 1.05 bits per heavy atom. The van der Waals surface area contributed by atoms with Crippen LogP contribution in [0.25, 0.3) is 0 Å². The summed E-state index contributed by atoms with van der Waals surface area (Å²) in [5, 5.41) is 0. The van der Waals surface area contributed by atoms with Gasteiger partial charge in [-0.05, 0) is 61.6 Å². The summed E-state index contributed by atoms with van der Waals surface area (Å²) < 4.78 is 11.6. The second-order valence-electron chi connectivity index (χ2n) is 6.11. The van der Waals surface area contributed by atoms with E-state index in [4.69, 9.17) is 9.47 Å². The van der Waals surface area contributed by atoms with Gasteiger partial charge in [-0.3, -0.25) is 0 Å². The van der Waals surface area contributed by atoms with Crippen LogP contribution in [0.1, 0.15) is 24.8 Å². The number of ether oxygens (including phenoxy) is 2. The molecular formula is C19H21NO2. The van der Waals surface area contributed by atoms with Crippen LogP contribution in [0.15, 0.2) is 42.5 Å². The van der Waals surface area contributed by atoms with Crippen molar-refractivity contribution >= 4 is 11.4 Å². The predicted molar refractivity (Wildman–Crippen MR) is 88.4 cm³/mol. The Morgan fingerprint density at radius 2 is 1.82 bits per heavy atom. The third-order valence-corrected chi connectivity index (χ3v) is 4.34. The molecule has 0 atom stereocenters. The monoisotopic (exact) mass is 295 g/mol. The average Bonchev–Trinajstić information content (AvgIpc) is 3.38. The first-order chi connectivity index (χ1) is 10.8. The van der Waals surface area contributed by atoms with E-state index in [1.54, 1.807) is 0 Å².